The summed E-state index contributed by atoms with van der Waals surface area (Å²) in [5.74, 6) is 0.300. The molecule has 0 aliphatic heterocycles. The van der Waals surface area contributed by atoms with Crippen molar-refractivity contribution in [3.63, 3.8) is 0 Å². The SMILES string of the molecule is C[C@H](Sc1nnc2ccccn12)C(O)=C(C#N)c1nc2ccccc2[nH]1. The summed E-state index contributed by atoms with van der Waals surface area (Å²) in [5.41, 5.74) is 2.40. The van der Waals surface area contributed by atoms with Crippen molar-refractivity contribution in [3.05, 3.63) is 60.2 Å². The first-order valence-electron chi connectivity index (χ1n) is 7.92. The van der Waals surface area contributed by atoms with Gasteiger partial charge in [-0.2, -0.15) is 5.26 Å². The van der Waals surface area contributed by atoms with Crippen molar-refractivity contribution in [1.29, 1.82) is 5.26 Å². The Morgan fingerprint density at radius 3 is 2.85 bits per heavy atom. The van der Waals surface area contributed by atoms with E-state index in [1.165, 1.54) is 11.8 Å². The summed E-state index contributed by atoms with van der Waals surface area (Å²) in [4.78, 5) is 7.47. The fraction of sp³-hybridized carbons (Fsp3) is 0.111. The molecule has 0 aliphatic carbocycles. The molecule has 128 valence electrons. The number of nitriles is 1. The van der Waals surface area contributed by atoms with Gasteiger partial charge < -0.3 is 10.1 Å². The number of hydrogen-bond acceptors (Lipinski definition) is 6. The monoisotopic (exact) mass is 362 g/mol. The molecule has 0 saturated heterocycles. The molecule has 4 rings (SSSR count). The van der Waals surface area contributed by atoms with Crippen molar-refractivity contribution in [2.45, 2.75) is 17.3 Å². The van der Waals surface area contributed by atoms with E-state index in [0.717, 1.165) is 16.7 Å². The second-order valence-electron chi connectivity index (χ2n) is 5.65. The van der Waals surface area contributed by atoms with E-state index in [9.17, 15) is 10.4 Å². The Bertz CT molecular complexity index is 1140. The number of aromatic nitrogens is 5. The summed E-state index contributed by atoms with van der Waals surface area (Å²) < 4.78 is 1.84. The van der Waals surface area contributed by atoms with Crippen molar-refractivity contribution >= 4 is 34.0 Å². The van der Waals surface area contributed by atoms with E-state index in [0.29, 0.717) is 11.0 Å². The van der Waals surface area contributed by atoms with Crippen LogP contribution in [0.1, 0.15) is 12.7 Å². The molecule has 1 aromatic carbocycles. The third-order valence-corrected chi connectivity index (χ3v) is 5.01. The molecule has 0 spiro atoms. The van der Waals surface area contributed by atoms with Gasteiger partial charge in [-0.25, -0.2) is 4.98 Å². The fourth-order valence-electron chi connectivity index (χ4n) is 2.62. The van der Waals surface area contributed by atoms with E-state index < -0.39 is 5.25 Å². The number of aliphatic hydroxyl groups excluding tert-OH is 1. The number of H-pyrrole nitrogens is 1. The molecule has 8 heteroatoms. The Hall–Kier alpha value is -3.31. The third kappa shape index (κ3) is 2.78. The van der Waals surface area contributed by atoms with Gasteiger partial charge in [-0.3, -0.25) is 4.40 Å². The van der Waals surface area contributed by atoms with Gasteiger partial charge >= 0.3 is 0 Å². The zero-order valence-corrected chi connectivity index (χ0v) is 14.6. The first-order valence-corrected chi connectivity index (χ1v) is 8.80. The second kappa shape index (κ2) is 6.54. The molecule has 0 unspecified atom stereocenters. The third-order valence-electron chi connectivity index (χ3n) is 3.94. The van der Waals surface area contributed by atoms with Crippen LogP contribution in [0.4, 0.5) is 0 Å². The van der Waals surface area contributed by atoms with Crippen molar-refractivity contribution in [2.75, 3.05) is 0 Å². The molecule has 3 aromatic heterocycles. The predicted molar refractivity (Wildman–Crippen MR) is 99.6 cm³/mol. The van der Waals surface area contributed by atoms with Gasteiger partial charge in [0.2, 0.25) is 0 Å². The maximum Gasteiger partial charge on any atom is 0.196 e. The average molecular weight is 362 g/mol. The first kappa shape index (κ1) is 16.2. The lowest BCUT2D eigenvalue weighted by Gasteiger charge is -2.10. The molecular weight excluding hydrogens is 348 g/mol. The molecule has 1 atom stereocenters. The van der Waals surface area contributed by atoms with Crippen LogP contribution < -0.4 is 0 Å². The number of hydrogen-bond donors (Lipinski definition) is 2. The number of nitrogens with zero attached hydrogens (tertiary/aromatic N) is 5. The lowest BCUT2D eigenvalue weighted by molar-refractivity contribution is 0.401. The van der Waals surface area contributed by atoms with Crippen LogP contribution in [0.3, 0.4) is 0 Å². The van der Waals surface area contributed by atoms with Gasteiger partial charge in [0.1, 0.15) is 17.4 Å². The van der Waals surface area contributed by atoms with E-state index in [1.807, 2.05) is 60.0 Å². The van der Waals surface area contributed by atoms with Crippen LogP contribution in [-0.2, 0) is 0 Å². The molecule has 0 amide bonds. The number of nitrogens with one attached hydrogen (secondary N) is 1. The number of imidazole rings is 1. The molecule has 0 aliphatic rings. The number of aliphatic hydroxyl groups is 1. The van der Waals surface area contributed by atoms with Crippen LogP contribution in [0.2, 0.25) is 0 Å². The normalized spacial score (nSPS) is 13.5. The molecule has 2 N–H and O–H groups in total. The predicted octanol–water partition coefficient (Wildman–Crippen LogP) is 3.58. The summed E-state index contributed by atoms with van der Waals surface area (Å²) >= 11 is 1.32. The number of rotatable bonds is 4. The van der Waals surface area contributed by atoms with Gasteiger partial charge in [-0.15, -0.1) is 10.2 Å². The summed E-state index contributed by atoms with van der Waals surface area (Å²) in [6.45, 7) is 1.81. The maximum absolute atomic E-state index is 10.6. The number of thioether (sulfide) groups is 1. The minimum absolute atomic E-state index is 0.0516. The van der Waals surface area contributed by atoms with E-state index in [-0.39, 0.29) is 11.3 Å². The fourth-order valence-corrected chi connectivity index (χ4v) is 3.52. The largest absolute Gasteiger partial charge is 0.510 e. The Morgan fingerprint density at radius 1 is 1.23 bits per heavy atom. The van der Waals surface area contributed by atoms with Crippen LogP contribution in [0.25, 0.3) is 22.3 Å². The molecule has 0 saturated carbocycles. The molecule has 0 fully saturated rings. The second-order valence-corrected chi connectivity index (χ2v) is 6.95. The molecule has 7 nitrogen and oxygen atoms in total. The summed E-state index contributed by atoms with van der Waals surface area (Å²) in [6.07, 6.45) is 1.86. The summed E-state index contributed by atoms with van der Waals surface area (Å²) in [6, 6.07) is 15.2. The van der Waals surface area contributed by atoms with Gasteiger partial charge in [0, 0.05) is 6.20 Å². The van der Waals surface area contributed by atoms with Gasteiger partial charge in [0.15, 0.2) is 16.6 Å². The van der Waals surface area contributed by atoms with Gasteiger partial charge in [0.05, 0.1) is 16.3 Å². The van der Waals surface area contributed by atoms with Crippen LogP contribution in [0.15, 0.2) is 59.6 Å². The highest BCUT2D eigenvalue weighted by Gasteiger charge is 2.21. The van der Waals surface area contributed by atoms with E-state index in [1.54, 1.807) is 0 Å². The highest BCUT2D eigenvalue weighted by molar-refractivity contribution is 7.99. The molecule has 4 aromatic rings. The van der Waals surface area contributed by atoms with E-state index in [4.69, 9.17) is 0 Å². The molecular formula is C18H14N6OS. The molecule has 0 radical (unpaired) electrons. The van der Waals surface area contributed by atoms with E-state index in [2.05, 4.69) is 26.2 Å². The Labute approximate surface area is 153 Å². The average Bonchev–Trinajstić information content (AvgIpc) is 3.26. The zero-order valence-electron chi connectivity index (χ0n) is 13.8. The van der Waals surface area contributed by atoms with Crippen molar-refractivity contribution in [2.24, 2.45) is 0 Å². The first-order chi connectivity index (χ1) is 12.7. The van der Waals surface area contributed by atoms with Crippen molar-refractivity contribution in [1.82, 2.24) is 24.6 Å². The highest BCUT2D eigenvalue weighted by Crippen LogP contribution is 2.29. The maximum atomic E-state index is 10.6. The number of pyridine rings is 1. The number of para-hydroxylation sites is 2. The van der Waals surface area contributed by atoms with Crippen LogP contribution in [-0.4, -0.2) is 34.9 Å². The van der Waals surface area contributed by atoms with Crippen molar-refractivity contribution < 1.29 is 5.11 Å². The van der Waals surface area contributed by atoms with Gasteiger partial charge in [-0.1, -0.05) is 30.0 Å². The smallest absolute Gasteiger partial charge is 0.196 e. The number of fused-ring (bicyclic) bond motifs is 2. The minimum atomic E-state index is -0.398. The molecule has 0 bridgehead atoms. The zero-order chi connectivity index (χ0) is 18.1. The number of benzene rings is 1. The summed E-state index contributed by atoms with van der Waals surface area (Å²) in [7, 11) is 0. The molecule has 26 heavy (non-hydrogen) atoms. The number of aromatic amines is 1. The quantitative estimate of drug-likeness (QED) is 0.327. The van der Waals surface area contributed by atoms with Crippen LogP contribution >= 0.6 is 11.8 Å². The number of allylic oxidation sites excluding steroid dienone is 1. The van der Waals surface area contributed by atoms with Gasteiger partial charge in [0.25, 0.3) is 0 Å². The van der Waals surface area contributed by atoms with Gasteiger partial charge in [-0.05, 0) is 31.2 Å². The van der Waals surface area contributed by atoms with Crippen LogP contribution in [0, 0.1) is 11.3 Å². The Balaban J connectivity index is 1.68. The lowest BCUT2D eigenvalue weighted by Crippen LogP contribution is -2.06. The van der Waals surface area contributed by atoms with Crippen LogP contribution in [0.5, 0.6) is 0 Å². The van der Waals surface area contributed by atoms with Crippen molar-refractivity contribution in [3.8, 4) is 6.07 Å². The summed E-state index contributed by atoms with van der Waals surface area (Å²) in [5, 5.41) is 28.7. The lowest BCUT2D eigenvalue weighted by atomic mass is 10.2. The van der Waals surface area contributed by atoms with E-state index >= 15 is 0 Å². The Morgan fingerprint density at radius 2 is 2.04 bits per heavy atom. The minimum Gasteiger partial charge on any atom is -0.510 e. The Kier molecular flexibility index (Phi) is 4.07. The standard InChI is InChI=1S/C18H14N6OS/c1-11(26-18-23-22-15-8-4-5-9-24(15)18)16(25)12(10-19)17-20-13-6-2-3-7-14(13)21-17/h2-9,11,25H,1H3,(H,20,21)/t11-/m0/s1. The highest BCUT2D eigenvalue weighted by atomic mass is 32.2. The molecule has 3 heterocycles. The topological polar surface area (TPSA) is 103 Å².